The first kappa shape index (κ1) is 20.1. The Morgan fingerprint density at radius 1 is 1.27 bits per heavy atom. The Morgan fingerprint density at radius 2 is 1.92 bits per heavy atom. The van der Waals surface area contributed by atoms with Gasteiger partial charge in [-0.3, -0.25) is 4.79 Å². The van der Waals surface area contributed by atoms with Crippen LogP contribution in [0.4, 0.5) is 8.78 Å². The van der Waals surface area contributed by atoms with Gasteiger partial charge in [-0.05, 0) is 46.6 Å². The Balaban J connectivity index is 2.33. The molecule has 144 valence electrons. The minimum atomic E-state index is -2.56. The molecule has 1 aromatic heterocycles. The number of carbonyl (C=O) groups excluding carboxylic acids is 2. The third-order valence-corrected chi connectivity index (χ3v) is 4.62. The number of esters is 1. The molecule has 1 aromatic rings. The van der Waals surface area contributed by atoms with Crippen LogP contribution in [0.1, 0.15) is 54.0 Å². The fourth-order valence-corrected chi connectivity index (χ4v) is 3.25. The standard InChI is InChI=1S/C19H26F2N2O3/c1-5-22-12(3)15(18(13(22)4)19(25)26-6-2)9-10-17(24)23(11-16(20)21)14-7-8-14/h9-10,14,16H,5-8,11H2,1-4H3/b10-9+. The quantitative estimate of drug-likeness (QED) is 0.521. The summed E-state index contributed by atoms with van der Waals surface area (Å²) in [6.07, 6.45) is 1.78. The van der Waals surface area contributed by atoms with Crippen molar-refractivity contribution in [2.24, 2.45) is 0 Å². The molecule has 5 nitrogen and oxygen atoms in total. The third-order valence-electron chi connectivity index (χ3n) is 4.62. The van der Waals surface area contributed by atoms with Crippen molar-refractivity contribution in [3.8, 4) is 0 Å². The fraction of sp³-hybridized carbons (Fsp3) is 0.579. The van der Waals surface area contributed by atoms with E-state index < -0.39 is 24.8 Å². The van der Waals surface area contributed by atoms with Crippen LogP contribution in [0.3, 0.4) is 0 Å². The van der Waals surface area contributed by atoms with Crippen LogP contribution in [0.5, 0.6) is 0 Å². The van der Waals surface area contributed by atoms with Gasteiger partial charge >= 0.3 is 5.97 Å². The summed E-state index contributed by atoms with van der Waals surface area (Å²) in [7, 11) is 0. The number of amides is 1. The highest BCUT2D eigenvalue weighted by atomic mass is 19.3. The average Bonchev–Trinajstić information content (AvgIpc) is 3.37. The number of rotatable bonds is 8. The molecule has 1 saturated carbocycles. The molecule has 0 aliphatic heterocycles. The van der Waals surface area contributed by atoms with Gasteiger partial charge in [0.15, 0.2) is 0 Å². The van der Waals surface area contributed by atoms with Crippen LogP contribution in [0.2, 0.25) is 0 Å². The predicted octanol–water partition coefficient (Wildman–Crippen LogP) is 3.57. The molecule has 26 heavy (non-hydrogen) atoms. The van der Waals surface area contributed by atoms with E-state index >= 15 is 0 Å². The van der Waals surface area contributed by atoms with Crippen molar-refractivity contribution >= 4 is 18.0 Å². The van der Waals surface area contributed by atoms with Gasteiger partial charge in [0.25, 0.3) is 6.43 Å². The Bertz CT molecular complexity index is 706. The van der Waals surface area contributed by atoms with Crippen LogP contribution in [-0.4, -0.2) is 47.0 Å². The molecule has 0 bridgehead atoms. The zero-order chi connectivity index (χ0) is 19.4. The van der Waals surface area contributed by atoms with Crippen LogP contribution >= 0.6 is 0 Å². The molecule has 1 aliphatic carbocycles. The highest BCUT2D eigenvalue weighted by Gasteiger charge is 2.33. The van der Waals surface area contributed by atoms with Crippen LogP contribution in [0.15, 0.2) is 6.08 Å². The van der Waals surface area contributed by atoms with Crippen molar-refractivity contribution in [3.05, 3.63) is 28.6 Å². The Morgan fingerprint density at radius 3 is 2.42 bits per heavy atom. The van der Waals surface area contributed by atoms with Crippen LogP contribution in [-0.2, 0) is 16.1 Å². The topological polar surface area (TPSA) is 51.5 Å². The number of ether oxygens (including phenoxy) is 1. The summed E-state index contributed by atoms with van der Waals surface area (Å²) in [4.78, 5) is 26.0. The van der Waals surface area contributed by atoms with Gasteiger partial charge < -0.3 is 14.2 Å². The average molecular weight is 368 g/mol. The molecule has 7 heteroatoms. The second kappa shape index (κ2) is 8.47. The number of carbonyl (C=O) groups is 2. The van der Waals surface area contributed by atoms with E-state index in [0.717, 1.165) is 24.2 Å². The van der Waals surface area contributed by atoms with Crippen LogP contribution < -0.4 is 0 Å². The van der Waals surface area contributed by atoms with E-state index in [1.54, 1.807) is 13.0 Å². The minimum Gasteiger partial charge on any atom is -0.462 e. The van der Waals surface area contributed by atoms with Crippen molar-refractivity contribution in [3.63, 3.8) is 0 Å². The molecule has 0 aromatic carbocycles. The number of alkyl halides is 2. The molecule has 0 radical (unpaired) electrons. The third kappa shape index (κ3) is 4.31. The van der Waals surface area contributed by atoms with Gasteiger partial charge in [0.2, 0.25) is 5.91 Å². The van der Waals surface area contributed by atoms with E-state index in [1.807, 2.05) is 25.3 Å². The maximum Gasteiger partial charge on any atom is 0.340 e. The first-order valence-electron chi connectivity index (χ1n) is 8.95. The molecule has 1 aliphatic rings. The lowest BCUT2D eigenvalue weighted by Crippen LogP contribution is -2.35. The zero-order valence-electron chi connectivity index (χ0n) is 15.7. The molecular formula is C19H26F2N2O3. The summed E-state index contributed by atoms with van der Waals surface area (Å²) in [6.45, 7) is 7.74. The normalized spacial score (nSPS) is 14.3. The first-order valence-corrected chi connectivity index (χ1v) is 8.95. The lowest BCUT2D eigenvalue weighted by Gasteiger charge is -2.20. The Kier molecular flexibility index (Phi) is 6.56. The second-order valence-corrected chi connectivity index (χ2v) is 6.37. The molecule has 1 amide bonds. The van der Waals surface area contributed by atoms with E-state index in [1.165, 1.54) is 11.0 Å². The molecule has 0 saturated heterocycles. The van der Waals surface area contributed by atoms with E-state index in [9.17, 15) is 18.4 Å². The Labute approximate surface area is 152 Å². The maximum absolute atomic E-state index is 12.7. The SMILES string of the molecule is CCOC(=O)c1c(/C=C/C(=O)N(CC(F)F)C2CC2)c(C)n(CC)c1C. The summed E-state index contributed by atoms with van der Waals surface area (Å²) in [6, 6.07) is -0.103. The van der Waals surface area contributed by atoms with Crippen LogP contribution in [0.25, 0.3) is 6.08 Å². The van der Waals surface area contributed by atoms with Gasteiger partial charge in [0, 0.05) is 35.6 Å². The van der Waals surface area contributed by atoms with E-state index in [0.29, 0.717) is 17.7 Å². The van der Waals surface area contributed by atoms with Crippen molar-refractivity contribution in [2.45, 2.75) is 59.5 Å². The smallest absolute Gasteiger partial charge is 0.340 e. The fourth-order valence-electron chi connectivity index (χ4n) is 3.25. The predicted molar refractivity (Wildman–Crippen MR) is 95.3 cm³/mol. The summed E-state index contributed by atoms with van der Waals surface area (Å²) < 4.78 is 32.6. The molecule has 0 unspecified atom stereocenters. The van der Waals surface area contributed by atoms with E-state index in [-0.39, 0.29) is 12.6 Å². The number of halogens is 2. The highest BCUT2D eigenvalue weighted by Crippen LogP contribution is 2.29. The largest absolute Gasteiger partial charge is 0.462 e. The van der Waals surface area contributed by atoms with Gasteiger partial charge in [0.1, 0.15) is 0 Å². The highest BCUT2D eigenvalue weighted by molar-refractivity contribution is 5.99. The lowest BCUT2D eigenvalue weighted by molar-refractivity contribution is -0.128. The summed E-state index contributed by atoms with van der Waals surface area (Å²) in [5.74, 6) is -0.900. The maximum atomic E-state index is 12.7. The monoisotopic (exact) mass is 368 g/mol. The van der Waals surface area contributed by atoms with Crippen molar-refractivity contribution in [1.29, 1.82) is 0 Å². The molecule has 0 spiro atoms. The molecule has 1 fully saturated rings. The van der Waals surface area contributed by atoms with Crippen LogP contribution in [0, 0.1) is 13.8 Å². The lowest BCUT2D eigenvalue weighted by atomic mass is 10.1. The van der Waals surface area contributed by atoms with Gasteiger partial charge in [-0.25, -0.2) is 13.6 Å². The number of hydrogen-bond acceptors (Lipinski definition) is 3. The van der Waals surface area contributed by atoms with Crippen molar-refractivity contribution in [1.82, 2.24) is 9.47 Å². The van der Waals surface area contributed by atoms with Crippen molar-refractivity contribution < 1.29 is 23.1 Å². The second-order valence-electron chi connectivity index (χ2n) is 6.37. The first-order chi connectivity index (χ1) is 12.3. The Hall–Kier alpha value is -2.18. The summed E-state index contributed by atoms with van der Waals surface area (Å²) >= 11 is 0. The zero-order valence-corrected chi connectivity index (χ0v) is 15.7. The summed E-state index contributed by atoms with van der Waals surface area (Å²) in [5.41, 5.74) is 2.62. The van der Waals surface area contributed by atoms with E-state index in [2.05, 4.69) is 0 Å². The molecular weight excluding hydrogens is 342 g/mol. The molecule has 2 rings (SSSR count). The van der Waals surface area contributed by atoms with Gasteiger partial charge in [-0.2, -0.15) is 0 Å². The van der Waals surface area contributed by atoms with E-state index in [4.69, 9.17) is 4.74 Å². The molecule has 0 atom stereocenters. The number of nitrogens with zero attached hydrogens (tertiary/aromatic N) is 2. The number of aromatic nitrogens is 1. The van der Waals surface area contributed by atoms with Gasteiger partial charge in [-0.1, -0.05) is 0 Å². The summed E-state index contributed by atoms with van der Waals surface area (Å²) in [5, 5.41) is 0. The van der Waals surface area contributed by atoms with Gasteiger partial charge in [-0.15, -0.1) is 0 Å². The molecule has 0 N–H and O–H groups in total. The molecule has 1 heterocycles. The van der Waals surface area contributed by atoms with Crippen molar-refractivity contribution in [2.75, 3.05) is 13.2 Å². The number of hydrogen-bond donors (Lipinski definition) is 0. The van der Waals surface area contributed by atoms with Gasteiger partial charge in [0.05, 0.1) is 18.7 Å². The minimum absolute atomic E-state index is 0.103.